The number of likely N-dealkylation sites (tertiary alicyclic amines) is 1. The smallest absolute Gasteiger partial charge is 0.239 e. The van der Waals surface area contributed by atoms with Gasteiger partial charge in [0.25, 0.3) is 0 Å². The summed E-state index contributed by atoms with van der Waals surface area (Å²) in [6.45, 7) is 6.85. The first kappa shape index (κ1) is 16.0. The zero-order valence-corrected chi connectivity index (χ0v) is 12.7. The molecule has 4 heteroatoms. The van der Waals surface area contributed by atoms with Gasteiger partial charge < -0.3 is 10.6 Å². The van der Waals surface area contributed by atoms with Gasteiger partial charge in [0.2, 0.25) is 5.91 Å². The van der Waals surface area contributed by atoms with E-state index in [0.717, 1.165) is 19.4 Å². The summed E-state index contributed by atoms with van der Waals surface area (Å²) < 4.78 is 0. The van der Waals surface area contributed by atoms with E-state index in [0.29, 0.717) is 0 Å². The molecule has 1 aromatic carbocycles. The van der Waals surface area contributed by atoms with E-state index in [2.05, 4.69) is 32.0 Å². The third-order valence-corrected chi connectivity index (χ3v) is 3.93. The molecular formula is C15H23ClN2O. The average molecular weight is 283 g/mol. The molecule has 2 atom stereocenters. The number of nitrogens with two attached hydrogens (primary N) is 1. The molecule has 1 aliphatic rings. The number of halogens is 1. The van der Waals surface area contributed by atoms with Gasteiger partial charge in [-0.2, -0.15) is 0 Å². The first-order valence-corrected chi connectivity index (χ1v) is 6.64. The number of hydrogen-bond acceptors (Lipinski definition) is 2. The maximum Gasteiger partial charge on any atom is 0.239 e. The largest absolute Gasteiger partial charge is 0.334 e. The lowest BCUT2D eigenvalue weighted by atomic mass is 9.96. The number of carbonyl (C=O) groups is 1. The molecule has 0 aliphatic carbocycles. The summed E-state index contributed by atoms with van der Waals surface area (Å²) in [4.78, 5) is 14.1. The van der Waals surface area contributed by atoms with E-state index in [-0.39, 0.29) is 24.4 Å². The zero-order chi connectivity index (χ0) is 13.3. The summed E-state index contributed by atoms with van der Waals surface area (Å²) in [5.41, 5.74) is 9.59. The average Bonchev–Trinajstić information content (AvgIpc) is 2.80. The van der Waals surface area contributed by atoms with Gasteiger partial charge in [0.05, 0.1) is 12.1 Å². The lowest BCUT2D eigenvalue weighted by molar-refractivity contribution is -0.133. The highest BCUT2D eigenvalue weighted by molar-refractivity contribution is 5.85. The Labute approximate surface area is 121 Å². The summed E-state index contributed by atoms with van der Waals surface area (Å²) in [5.74, 6) is 0.0680. The molecule has 3 nitrogen and oxygen atoms in total. The minimum absolute atomic E-state index is 0. The van der Waals surface area contributed by atoms with Crippen molar-refractivity contribution in [2.75, 3.05) is 6.54 Å². The molecule has 1 unspecified atom stereocenters. The quantitative estimate of drug-likeness (QED) is 0.907. The van der Waals surface area contributed by atoms with Crippen LogP contribution in [0.4, 0.5) is 0 Å². The van der Waals surface area contributed by atoms with Gasteiger partial charge in [-0.1, -0.05) is 18.2 Å². The monoisotopic (exact) mass is 282 g/mol. The number of carbonyl (C=O) groups excluding carboxylic acids is 1. The number of aryl methyl sites for hydroxylation is 1. The number of nitrogens with zero attached hydrogens (tertiary/aromatic N) is 1. The Morgan fingerprint density at radius 2 is 2.11 bits per heavy atom. The van der Waals surface area contributed by atoms with E-state index in [1.807, 2.05) is 4.90 Å². The van der Waals surface area contributed by atoms with E-state index in [1.54, 1.807) is 6.92 Å². The Morgan fingerprint density at radius 3 is 2.74 bits per heavy atom. The molecule has 0 aromatic heterocycles. The molecule has 0 saturated carbocycles. The number of benzene rings is 1. The van der Waals surface area contributed by atoms with Crippen molar-refractivity contribution in [1.82, 2.24) is 4.90 Å². The molecule has 1 amide bonds. The fourth-order valence-corrected chi connectivity index (χ4v) is 2.75. The van der Waals surface area contributed by atoms with Crippen molar-refractivity contribution in [2.24, 2.45) is 5.73 Å². The summed E-state index contributed by atoms with van der Waals surface area (Å²) >= 11 is 0. The molecular weight excluding hydrogens is 260 g/mol. The fourth-order valence-electron chi connectivity index (χ4n) is 2.75. The minimum atomic E-state index is -0.407. The van der Waals surface area contributed by atoms with Gasteiger partial charge in [0.15, 0.2) is 0 Å². The normalized spacial score (nSPS) is 20.0. The molecule has 1 aromatic rings. The van der Waals surface area contributed by atoms with Crippen LogP contribution in [0.15, 0.2) is 18.2 Å². The van der Waals surface area contributed by atoms with Crippen LogP contribution in [-0.2, 0) is 4.79 Å². The molecule has 106 valence electrons. The van der Waals surface area contributed by atoms with Gasteiger partial charge in [0, 0.05) is 6.54 Å². The highest BCUT2D eigenvalue weighted by atomic mass is 35.5. The summed E-state index contributed by atoms with van der Waals surface area (Å²) in [6.07, 6.45) is 2.11. The molecule has 0 bridgehead atoms. The first-order valence-electron chi connectivity index (χ1n) is 6.64. The topological polar surface area (TPSA) is 46.3 Å². The zero-order valence-electron chi connectivity index (χ0n) is 11.8. The van der Waals surface area contributed by atoms with Gasteiger partial charge >= 0.3 is 0 Å². The lowest BCUT2D eigenvalue weighted by Crippen LogP contribution is -2.41. The minimum Gasteiger partial charge on any atom is -0.334 e. The number of hydrogen-bond donors (Lipinski definition) is 1. The van der Waals surface area contributed by atoms with Gasteiger partial charge in [-0.3, -0.25) is 4.79 Å². The summed E-state index contributed by atoms with van der Waals surface area (Å²) in [7, 11) is 0. The van der Waals surface area contributed by atoms with E-state index in [9.17, 15) is 4.79 Å². The summed E-state index contributed by atoms with van der Waals surface area (Å²) in [5, 5.41) is 0. The second-order valence-electron chi connectivity index (χ2n) is 5.27. The molecule has 19 heavy (non-hydrogen) atoms. The van der Waals surface area contributed by atoms with Crippen molar-refractivity contribution < 1.29 is 4.79 Å². The van der Waals surface area contributed by atoms with Crippen LogP contribution >= 0.6 is 12.4 Å². The van der Waals surface area contributed by atoms with E-state index in [4.69, 9.17) is 5.73 Å². The molecule has 1 fully saturated rings. The molecule has 2 N–H and O–H groups in total. The van der Waals surface area contributed by atoms with E-state index < -0.39 is 6.04 Å². The second kappa shape index (κ2) is 6.40. The Kier molecular flexibility index (Phi) is 5.39. The second-order valence-corrected chi connectivity index (χ2v) is 5.27. The first-order chi connectivity index (χ1) is 8.52. The SMILES string of the molecule is Cc1cccc(C2CCCN2C(=O)[C@H](C)N)c1C.Cl. The van der Waals surface area contributed by atoms with E-state index >= 15 is 0 Å². The van der Waals surface area contributed by atoms with Gasteiger partial charge in [-0.25, -0.2) is 0 Å². The Morgan fingerprint density at radius 1 is 1.42 bits per heavy atom. The predicted octanol–water partition coefficient (Wildman–Crippen LogP) is 2.74. The van der Waals surface area contributed by atoms with Crippen LogP contribution in [0.1, 0.15) is 42.5 Å². The van der Waals surface area contributed by atoms with Crippen molar-refractivity contribution in [2.45, 2.75) is 45.7 Å². The maximum absolute atomic E-state index is 12.1. The van der Waals surface area contributed by atoms with Gasteiger partial charge in [-0.05, 0) is 50.3 Å². The van der Waals surface area contributed by atoms with Crippen LogP contribution in [0.25, 0.3) is 0 Å². The molecule has 0 radical (unpaired) electrons. The van der Waals surface area contributed by atoms with Crippen molar-refractivity contribution in [3.8, 4) is 0 Å². The van der Waals surface area contributed by atoms with Crippen LogP contribution in [0, 0.1) is 13.8 Å². The highest BCUT2D eigenvalue weighted by Gasteiger charge is 2.32. The summed E-state index contributed by atoms with van der Waals surface area (Å²) in [6, 6.07) is 6.13. The van der Waals surface area contributed by atoms with Crippen molar-refractivity contribution in [3.05, 3.63) is 34.9 Å². The number of amides is 1. The van der Waals surface area contributed by atoms with Gasteiger partial charge in [0.1, 0.15) is 0 Å². The van der Waals surface area contributed by atoms with Crippen molar-refractivity contribution in [3.63, 3.8) is 0 Å². The lowest BCUT2D eigenvalue weighted by Gasteiger charge is -2.28. The molecule has 2 rings (SSSR count). The van der Waals surface area contributed by atoms with Gasteiger partial charge in [-0.15, -0.1) is 12.4 Å². The van der Waals surface area contributed by atoms with E-state index in [1.165, 1.54) is 16.7 Å². The Bertz CT molecular complexity index is 459. The third kappa shape index (κ3) is 3.10. The van der Waals surface area contributed by atoms with Crippen LogP contribution in [0.2, 0.25) is 0 Å². The fraction of sp³-hybridized carbons (Fsp3) is 0.533. The van der Waals surface area contributed by atoms with Crippen molar-refractivity contribution in [1.29, 1.82) is 0 Å². The molecule has 0 spiro atoms. The molecule has 1 saturated heterocycles. The van der Waals surface area contributed by atoms with Crippen LogP contribution < -0.4 is 5.73 Å². The maximum atomic E-state index is 12.1. The van der Waals surface area contributed by atoms with Crippen molar-refractivity contribution >= 4 is 18.3 Å². The van der Waals surface area contributed by atoms with Crippen LogP contribution in [0.3, 0.4) is 0 Å². The third-order valence-electron chi connectivity index (χ3n) is 3.93. The standard InChI is InChI=1S/C15H22N2O.ClH/c1-10-6-4-7-13(11(10)2)14-8-5-9-17(14)15(18)12(3)16;/h4,6-7,12,14H,5,8-9,16H2,1-3H3;1H/t12-,14?;/m0./s1. The Hall–Kier alpha value is -1.06. The number of rotatable bonds is 2. The van der Waals surface area contributed by atoms with Crippen LogP contribution in [0.5, 0.6) is 0 Å². The predicted molar refractivity (Wildman–Crippen MR) is 80.5 cm³/mol. The highest BCUT2D eigenvalue weighted by Crippen LogP contribution is 2.34. The molecule has 1 heterocycles. The van der Waals surface area contributed by atoms with Crippen LogP contribution in [-0.4, -0.2) is 23.4 Å². The Balaban J connectivity index is 0.00000180. The molecule has 1 aliphatic heterocycles.